The van der Waals surface area contributed by atoms with E-state index in [2.05, 4.69) is 10.3 Å². The van der Waals surface area contributed by atoms with Gasteiger partial charge in [-0.3, -0.25) is 4.79 Å². The van der Waals surface area contributed by atoms with Crippen LogP contribution in [-0.2, 0) is 6.42 Å². The molecule has 0 aliphatic heterocycles. The Morgan fingerprint density at radius 1 is 1.43 bits per heavy atom. The van der Waals surface area contributed by atoms with Crippen LogP contribution in [0.25, 0.3) is 0 Å². The molecular weight excluding hydrogens is 271 g/mol. The minimum absolute atomic E-state index is 0.229. The standard InChI is InChI=1S/C16H17FN2O2/c1-9-7-12(5-6-13(9)17)19-16(20)15-10(2)18-14(21-15)8-11-3-4-11/h5-7,11H,3-4,8H2,1-2H3,(H,19,20). The van der Waals surface area contributed by atoms with Gasteiger partial charge < -0.3 is 9.73 Å². The molecule has 1 amide bonds. The van der Waals surface area contributed by atoms with Crippen LogP contribution in [0, 0.1) is 25.6 Å². The zero-order chi connectivity index (χ0) is 15.0. The number of carbonyl (C=O) groups is 1. The van der Waals surface area contributed by atoms with Gasteiger partial charge in [-0.05, 0) is 56.4 Å². The van der Waals surface area contributed by atoms with Gasteiger partial charge in [0.25, 0.3) is 5.91 Å². The number of nitrogens with zero attached hydrogens (tertiary/aromatic N) is 1. The van der Waals surface area contributed by atoms with Crippen molar-refractivity contribution < 1.29 is 13.6 Å². The van der Waals surface area contributed by atoms with E-state index in [4.69, 9.17) is 4.42 Å². The molecule has 1 saturated carbocycles. The second-order valence-electron chi connectivity index (χ2n) is 5.59. The van der Waals surface area contributed by atoms with Crippen LogP contribution in [0.15, 0.2) is 22.6 Å². The van der Waals surface area contributed by atoms with Crippen LogP contribution in [0.2, 0.25) is 0 Å². The summed E-state index contributed by atoms with van der Waals surface area (Å²) in [5.41, 5.74) is 1.61. The van der Waals surface area contributed by atoms with Gasteiger partial charge >= 0.3 is 0 Å². The van der Waals surface area contributed by atoms with Gasteiger partial charge in [-0.1, -0.05) is 0 Å². The van der Waals surface area contributed by atoms with Crippen molar-refractivity contribution in [2.45, 2.75) is 33.1 Å². The molecule has 1 aromatic carbocycles. The summed E-state index contributed by atoms with van der Waals surface area (Å²) in [6, 6.07) is 4.44. The number of anilines is 1. The fraction of sp³-hybridized carbons (Fsp3) is 0.375. The minimum atomic E-state index is -0.354. The topological polar surface area (TPSA) is 55.1 Å². The van der Waals surface area contributed by atoms with Crippen LogP contribution in [-0.4, -0.2) is 10.9 Å². The van der Waals surface area contributed by atoms with Crippen molar-refractivity contribution in [2.75, 3.05) is 5.32 Å². The molecule has 1 aliphatic rings. The van der Waals surface area contributed by atoms with Crippen molar-refractivity contribution in [3.05, 3.63) is 46.9 Å². The number of oxazole rings is 1. The maximum Gasteiger partial charge on any atom is 0.293 e. The number of rotatable bonds is 4. The van der Waals surface area contributed by atoms with Crippen molar-refractivity contribution >= 4 is 11.6 Å². The van der Waals surface area contributed by atoms with Crippen molar-refractivity contribution in [1.82, 2.24) is 4.98 Å². The predicted molar refractivity (Wildman–Crippen MR) is 76.8 cm³/mol. The number of benzene rings is 1. The summed E-state index contributed by atoms with van der Waals surface area (Å²) < 4.78 is 18.8. The maximum absolute atomic E-state index is 13.2. The Kier molecular flexibility index (Phi) is 3.49. The number of carbonyl (C=O) groups excluding carboxylic acids is 1. The molecule has 3 rings (SSSR count). The highest BCUT2D eigenvalue weighted by Crippen LogP contribution is 2.32. The molecule has 0 unspecified atom stereocenters. The largest absolute Gasteiger partial charge is 0.435 e. The SMILES string of the molecule is Cc1cc(NC(=O)c2oc(CC3CC3)nc2C)ccc1F. The fourth-order valence-corrected chi connectivity index (χ4v) is 2.23. The lowest BCUT2D eigenvalue weighted by atomic mass is 10.2. The normalized spacial score (nSPS) is 14.2. The van der Waals surface area contributed by atoms with Gasteiger partial charge in [0.15, 0.2) is 5.89 Å². The van der Waals surface area contributed by atoms with E-state index in [1.807, 2.05) is 0 Å². The van der Waals surface area contributed by atoms with Gasteiger partial charge in [-0.2, -0.15) is 0 Å². The van der Waals surface area contributed by atoms with Crippen LogP contribution in [0.1, 0.15) is 40.5 Å². The number of aryl methyl sites for hydroxylation is 2. The number of amides is 1. The predicted octanol–water partition coefficient (Wildman–Crippen LogP) is 3.64. The van der Waals surface area contributed by atoms with E-state index >= 15 is 0 Å². The van der Waals surface area contributed by atoms with Gasteiger partial charge in [-0.15, -0.1) is 0 Å². The van der Waals surface area contributed by atoms with Crippen LogP contribution in [0.3, 0.4) is 0 Å². The van der Waals surface area contributed by atoms with Crippen LogP contribution in [0.5, 0.6) is 0 Å². The van der Waals surface area contributed by atoms with Crippen LogP contribution >= 0.6 is 0 Å². The molecule has 1 fully saturated rings. The number of halogens is 1. The molecule has 0 radical (unpaired) electrons. The highest BCUT2D eigenvalue weighted by atomic mass is 19.1. The second kappa shape index (κ2) is 5.31. The summed E-state index contributed by atoms with van der Waals surface area (Å²) in [7, 11) is 0. The Bertz CT molecular complexity index is 690. The smallest absolute Gasteiger partial charge is 0.293 e. The maximum atomic E-state index is 13.2. The Balaban J connectivity index is 1.74. The third kappa shape index (κ3) is 3.12. The van der Waals surface area contributed by atoms with E-state index in [0.29, 0.717) is 28.8 Å². The van der Waals surface area contributed by atoms with Gasteiger partial charge in [0.2, 0.25) is 5.76 Å². The molecule has 1 aliphatic carbocycles. The van der Waals surface area contributed by atoms with Crippen molar-refractivity contribution in [3.63, 3.8) is 0 Å². The first-order chi connectivity index (χ1) is 10.0. The lowest BCUT2D eigenvalue weighted by Gasteiger charge is -2.05. The summed E-state index contributed by atoms with van der Waals surface area (Å²) in [5, 5.41) is 2.71. The first kappa shape index (κ1) is 13.8. The molecule has 5 heteroatoms. The van der Waals surface area contributed by atoms with Crippen molar-refractivity contribution in [1.29, 1.82) is 0 Å². The summed E-state index contributed by atoms with van der Waals surface area (Å²) in [6.07, 6.45) is 3.21. The molecule has 1 heterocycles. The molecule has 1 N–H and O–H groups in total. The van der Waals surface area contributed by atoms with E-state index in [0.717, 1.165) is 6.42 Å². The summed E-state index contributed by atoms with van der Waals surface area (Å²) in [5.74, 6) is 0.852. The third-order valence-corrected chi connectivity index (χ3v) is 3.62. The zero-order valence-electron chi connectivity index (χ0n) is 12.1. The average molecular weight is 288 g/mol. The van der Waals surface area contributed by atoms with Gasteiger partial charge in [0, 0.05) is 12.1 Å². The molecule has 4 nitrogen and oxygen atoms in total. The Labute approximate surface area is 122 Å². The molecular formula is C16H17FN2O2. The lowest BCUT2D eigenvalue weighted by Crippen LogP contribution is -2.12. The summed E-state index contributed by atoms with van der Waals surface area (Å²) in [4.78, 5) is 16.5. The van der Waals surface area contributed by atoms with E-state index in [9.17, 15) is 9.18 Å². The van der Waals surface area contributed by atoms with E-state index in [1.54, 1.807) is 19.9 Å². The Morgan fingerprint density at radius 2 is 2.19 bits per heavy atom. The van der Waals surface area contributed by atoms with Gasteiger partial charge in [0.1, 0.15) is 5.82 Å². The highest BCUT2D eigenvalue weighted by molar-refractivity contribution is 6.02. The van der Waals surface area contributed by atoms with E-state index in [-0.39, 0.29) is 17.5 Å². The molecule has 0 atom stereocenters. The van der Waals surface area contributed by atoms with Crippen LogP contribution < -0.4 is 5.32 Å². The van der Waals surface area contributed by atoms with Crippen molar-refractivity contribution in [2.24, 2.45) is 5.92 Å². The molecule has 0 spiro atoms. The molecule has 1 aromatic heterocycles. The Morgan fingerprint density at radius 3 is 2.86 bits per heavy atom. The first-order valence-corrected chi connectivity index (χ1v) is 7.06. The van der Waals surface area contributed by atoms with Gasteiger partial charge in [0.05, 0.1) is 5.69 Å². The zero-order valence-corrected chi connectivity index (χ0v) is 12.1. The summed E-state index contributed by atoms with van der Waals surface area (Å²) >= 11 is 0. The molecule has 0 saturated heterocycles. The third-order valence-electron chi connectivity index (χ3n) is 3.62. The number of hydrogen-bond donors (Lipinski definition) is 1. The minimum Gasteiger partial charge on any atom is -0.435 e. The second-order valence-corrected chi connectivity index (χ2v) is 5.59. The first-order valence-electron chi connectivity index (χ1n) is 7.06. The van der Waals surface area contributed by atoms with Crippen molar-refractivity contribution in [3.8, 4) is 0 Å². The summed E-state index contributed by atoms with van der Waals surface area (Å²) in [6.45, 7) is 3.41. The van der Waals surface area contributed by atoms with Crippen LogP contribution in [0.4, 0.5) is 10.1 Å². The number of hydrogen-bond acceptors (Lipinski definition) is 3. The highest BCUT2D eigenvalue weighted by Gasteiger charge is 2.26. The monoisotopic (exact) mass is 288 g/mol. The lowest BCUT2D eigenvalue weighted by molar-refractivity contribution is 0.0994. The van der Waals surface area contributed by atoms with Gasteiger partial charge in [-0.25, -0.2) is 9.37 Å². The number of aromatic nitrogens is 1. The quantitative estimate of drug-likeness (QED) is 0.934. The molecule has 21 heavy (non-hydrogen) atoms. The van der Waals surface area contributed by atoms with E-state index in [1.165, 1.54) is 25.0 Å². The number of nitrogens with one attached hydrogen (secondary N) is 1. The molecule has 2 aromatic rings. The Hall–Kier alpha value is -2.17. The molecule has 0 bridgehead atoms. The average Bonchev–Trinajstić information content (AvgIpc) is 3.16. The fourth-order valence-electron chi connectivity index (χ4n) is 2.23. The molecule has 110 valence electrons. The van der Waals surface area contributed by atoms with E-state index < -0.39 is 0 Å².